The maximum absolute atomic E-state index is 2.66. The smallest absolute Gasteiger partial charge is 0.00216 e. The molecule has 4 atom stereocenters. The van der Waals surface area contributed by atoms with Gasteiger partial charge in [-0.3, -0.25) is 0 Å². The third kappa shape index (κ3) is 2.95. The average Bonchev–Trinajstić information content (AvgIpc) is 3.27. The normalized spacial score (nSPS) is 35.5. The van der Waals surface area contributed by atoms with Gasteiger partial charge in [-0.25, -0.2) is 0 Å². The first kappa shape index (κ1) is 18.0. The van der Waals surface area contributed by atoms with E-state index < -0.39 is 0 Å². The molecule has 0 heterocycles. The van der Waals surface area contributed by atoms with Crippen LogP contribution in [0.5, 0.6) is 0 Å². The molecule has 3 rings (SSSR count). The maximum Gasteiger partial charge on any atom is -0.00216 e. The van der Waals surface area contributed by atoms with Gasteiger partial charge in [-0.2, -0.15) is 0 Å². The monoisotopic (exact) mass is 326 g/mol. The molecule has 3 aliphatic carbocycles. The number of hydrogen-bond donors (Lipinski definition) is 0. The fraction of sp³-hybridized carbons (Fsp3) is 0.750. The molecular formula is C24H38. The molecule has 0 heteroatoms. The van der Waals surface area contributed by atoms with Crippen LogP contribution in [0.25, 0.3) is 0 Å². The first-order valence-electron chi connectivity index (χ1n) is 10.6. The van der Waals surface area contributed by atoms with E-state index in [0.29, 0.717) is 16.7 Å². The molecule has 0 amide bonds. The van der Waals surface area contributed by atoms with E-state index in [1.807, 2.05) is 0 Å². The lowest BCUT2D eigenvalue weighted by Crippen LogP contribution is -2.47. The quantitative estimate of drug-likeness (QED) is 0.429. The largest absolute Gasteiger partial charge is 0.0845 e. The van der Waals surface area contributed by atoms with Crippen molar-refractivity contribution in [1.82, 2.24) is 0 Å². The Labute approximate surface area is 150 Å². The van der Waals surface area contributed by atoms with E-state index in [9.17, 15) is 0 Å². The van der Waals surface area contributed by atoms with Gasteiger partial charge in [-0.05, 0) is 73.0 Å². The molecule has 0 spiro atoms. The van der Waals surface area contributed by atoms with E-state index in [0.717, 1.165) is 17.8 Å². The summed E-state index contributed by atoms with van der Waals surface area (Å²) in [6, 6.07) is 0. The second kappa shape index (κ2) is 7.22. The van der Waals surface area contributed by atoms with Crippen molar-refractivity contribution in [3.63, 3.8) is 0 Å². The van der Waals surface area contributed by atoms with Gasteiger partial charge in [0.15, 0.2) is 0 Å². The predicted octanol–water partition coefficient (Wildman–Crippen LogP) is 7.33. The molecule has 1 fully saturated rings. The summed E-state index contributed by atoms with van der Waals surface area (Å²) >= 11 is 0. The topological polar surface area (TPSA) is 0 Å². The van der Waals surface area contributed by atoms with E-state index in [2.05, 4.69) is 64.2 Å². The maximum atomic E-state index is 2.66. The Morgan fingerprint density at radius 2 is 1.75 bits per heavy atom. The van der Waals surface area contributed by atoms with Crippen LogP contribution in [0.15, 0.2) is 36.5 Å². The van der Waals surface area contributed by atoms with Crippen LogP contribution in [-0.2, 0) is 0 Å². The molecule has 134 valence electrons. The molecule has 0 aromatic carbocycles. The minimum atomic E-state index is 0.439. The van der Waals surface area contributed by atoms with Gasteiger partial charge < -0.3 is 0 Å². The lowest BCUT2D eigenvalue weighted by atomic mass is 9.49. The highest BCUT2D eigenvalue weighted by Gasteiger charge is 2.53. The molecule has 0 bridgehead atoms. The Morgan fingerprint density at radius 1 is 1.04 bits per heavy atom. The Kier molecular flexibility index (Phi) is 5.42. The zero-order valence-electron chi connectivity index (χ0n) is 16.4. The highest BCUT2D eigenvalue weighted by Crippen LogP contribution is 2.62. The van der Waals surface area contributed by atoms with Crippen LogP contribution in [0.4, 0.5) is 0 Å². The van der Waals surface area contributed by atoms with Gasteiger partial charge in [0.25, 0.3) is 0 Å². The SMILES string of the molecule is CCC1(CC)C=CC2CCCC2C1(C)CCCC(C)C1C=CC=C1. The Bertz CT molecular complexity index is 492. The molecule has 0 aromatic rings. The second-order valence-electron chi connectivity index (χ2n) is 9.06. The average molecular weight is 327 g/mol. The summed E-state index contributed by atoms with van der Waals surface area (Å²) in [4.78, 5) is 0. The Morgan fingerprint density at radius 3 is 2.42 bits per heavy atom. The first-order valence-corrected chi connectivity index (χ1v) is 10.6. The van der Waals surface area contributed by atoms with Crippen molar-refractivity contribution in [3.8, 4) is 0 Å². The van der Waals surface area contributed by atoms with Gasteiger partial charge in [0, 0.05) is 0 Å². The number of allylic oxidation sites excluding steroid dienone is 6. The van der Waals surface area contributed by atoms with Crippen molar-refractivity contribution in [2.24, 2.45) is 34.5 Å². The zero-order valence-corrected chi connectivity index (χ0v) is 16.4. The molecule has 4 unspecified atom stereocenters. The molecule has 24 heavy (non-hydrogen) atoms. The molecule has 0 aromatic heterocycles. The van der Waals surface area contributed by atoms with Crippen LogP contribution >= 0.6 is 0 Å². The molecule has 0 N–H and O–H groups in total. The summed E-state index contributed by atoms with van der Waals surface area (Å²) in [5.74, 6) is 3.29. The van der Waals surface area contributed by atoms with Crippen LogP contribution in [0, 0.1) is 34.5 Å². The Hall–Kier alpha value is -0.780. The van der Waals surface area contributed by atoms with E-state index in [1.54, 1.807) is 0 Å². The minimum absolute atomic E-state index is 0.439. The third-order valence-corrected chi connectivity index (χ3v) is 8.24. The lowest BCUT2D eigenvalue weighted by Gasteiger charge is -2.55. The van der Waals surface area contributed by atoms with E-state index in [4.69, 9.17) is 0 Å². The van der Waals surface area contributed by atoms with E-state index in [-0.39, 0.29) is 0 Å². The van der Waals surface area contributed by atoms with Gasteiger partial charge >= 0.3 is 0 Å². The third-order valence-electron chi connectivity index (χ3n) is 8.24. The summed E-state index contributed by atoms with van der Waals surface area (Å²) in [6.45, 7) is 9.96. The van der Waals surface area contributed by atoms with Crippen LogP contribution in [0.3, 0.4) is 0 Å². The first-order chi connectivity index (χ1) is 11.6. The zero-order chi connectivity index (χ0) is 17.2. The van der Waals surface area contributed by atoms with Crippen molar-refractivity contribution < 1.29 is 0 Å². The van der Waals surface area contributed by atoms with E-state index in [1.165, 1.54) is 51.4 Å². The second-order valence-corrected chi connectivity index (χ2v) is 9.06. The van der Waals surface area contributed by atoms with Crippen LogP contribution in [-0.4, -0.2) is 0 Å². The summed E-state index contributed by atoms with van der Waals surface area (Å²) in [7, 11) is 0. The molecule has 0 aliphatic heterocycles. The summed E-state index contributed by atoms with van der Waals surface area (Å²) < 4.78 is 0. The van der Waals surface area contributed by atoms with Gasteiger partial charge in [0.2, 0.25) is 0 Å². The van der Waals surface area contributed by atoms with Crippen molar-refractivity contribution >= 4 is 0 Å². The predicted molar refractivity (Wildman–Crippen MR) is 106 cm³/mol. The molecule has 1 saturated carbocycles. The highest BCUT2D eigenvalue weighted by atomic mass is 14.6. The van der Waals surface area contributed by atoms with Gasteiger partial charge in [0.05, 0.1) is 0 Å². The van der Waals surface area contributed by atoms with Crippen molar-refractivity contribution in [3.05, 3.63) is 36.5 Å². The van der Waals surface area contributed by atoms with Crippen LogP contribution < -0.4 is 0 Å². The van der Waals surface area contributed by atoms with E-state index >= 15 is 0 Å². The number of fused-ring (bicyclic) bond motifs is 1. The molecular weight excluding hydrogens is 288 g/mol. The minimum Gasteiger partial charge on any atom is -0.0845 e. The van der Waals surface area contributed by atoms with Crippen molar-refractivity contribution in [2.45, 2.75) is 79.1 Å². The van der Waals surface area contributed by atoms with Crippen LogP contribution in [0.1, 0.15) is 79.1 Å². The fourth-order valence-electron chi connectivity index (χ4n) is 6.42. The van der Waals surface area contributed by atoms with Gasteiger partial charge in [-0.1, -0.05) is 77.0 Å². The van der Waals surface area contributed by atoms with Crippen LogP contribution in [0.2, 0.25) is 0 Å². The number of rotatable bonds is 7. The lowest BCUT2D eigenvalue weighted by molar-refractivity contribution is -0.0120. The molecule has 0 radical (unpaired) electrons. The van der Waals surface area contributed by atoms with Crippen molar-refractivity contribution in [1.29, 1.82) is 0 Å². The Balaban J connectivity index is 1.70. The van der Waals surface area contributed by atoms with Gasteiger partial charge in [0.1, 0.15) is 0 Å². The summed E-state index contributed by atoms with van der Waals surface area (Å²) in [5, 5.41) is 0. The molecule has 3 aliphatic rings. The molecule has 0 saturated heterocycles. The van der Waals surface area contributed by atoms with Gasteiger partial charge in [-0.15, -0.1) is 0 Å². The summed E-state index contributed by atoms with van der Waals surface area (Å²) in [5.41, 5.74) is 0.947. The molecule has 0 nitrogen and oxygen atoms in total. The fourth-order valence-corrected chi connectivity index (χ4v) is 6.42. The van der Waals surface area contributed by atoms with Crippen molar-refractivity contribution in [2.75, 3.05) is 0 Å². The highest BCUT2D eigenvalue weighted by molar-refractivity contribution is 5.19. The summed E-state index contributed by atoms with van der Waals surface area (Å²) in [6.07, 6.45) is 25.6. The number of hydrogen-bond acceptors (Lipinski definition) is 0. The standard InChI is InChI=1S/C24H38/c1-5-24(6-2)18-16-21-14-9-15-22(21)23(24,4)17-10-11-19(3)20-12-7-8-13-20/h7-8,12-13,16,18-22H,5-6,9-11,14-15,17H2,1-4H3.